The van der Waals surface area contributed by atoms with Gasteiger partial charge in [0, 0.05) is 5.92 Å². The highest BCUT2D eigenvalue weighted by Gasteiger charge is 2.32. The van der Waals surface area contributed by atoms with E-state index in [1.807, 2.05) is 6.92 Å². The molecule has 1 saturated heterocycles. The fraction of sp³-hybridized carbons (Fsp3) is 0.750. The van der Waals surface area contributed by atoms with Crippen LogP contribution in [-0.4, -0.2) is 26.0 Å². The van der Waals surface area contributed by atoms with Crippen LogP contribution < -0.4 is 0 Å². The summed E-state index contributed by atoms with van der Waals surface area (Å²) in [7, 11) is -2.77. The first kappa shape index (κ1) is 9.58. The van der Waals surface area contributed by atoms with Crippen molar-refractivity contribution in [1.82, 2.24) is 0 Å². The number of hydrogen-bond acceptors (Lipinski definition) is 3. The molecular weight excluding hydrogens is 176 g/mol. The van der Waals surface area contributed by atoms with Crippen LogP contribution in [0.5, 0.6) is 0 Å². The fourth-order valence-electron chi connectivity index (χ4n) is 1.46. The van der Waals surface area contributed by atoms with Gasteiger partial charge in [-0.2, -0.15) is 0 Å². The van der Waals surface area contributed by atoms with Gasteiger partial charge in [0.1, 0.15) is 0 Å². The smallest absolute Gasteiger partial charge is 0.150 e. The average molecular weight is 190 g/mol. The molecule has 0 radical (unpaired) electrons. The summed E-state index contributed by atoms with van der Waals surface area (Å²) in [4.78, 5) is 0. The second-order valence-electron chi connectivity index (χ2n) is 3.17. The van der Waals surface area contributed by atoms with Crippen LogP contribution in [0.25, 0.3) is 0 Å². The Morgan fingerprint density at radius 3 is 2.75 bits per heavy atom. The molecule has 0 saturated carbocycles. The predicted molar refractivity (Wildman–Crippen MR) is 47.5 cm³/mol. The number of hydrogen-bond donors (Lipinski definition) is 0. The quantitative estimate of drug-likeness (QED) is 0.623. The van der Waals surface area contributed by atoms with Gasteiger partial charge in [-0.05, 0) is 13.3 Å². The molecule has 0 bridgehead atoms. The maximum atomic E-state index is 11.1. The molecule has 0 N–H and O–H groups in total. The largest absolute Gasteiger partial charge is 0.499 e. The predicted octanol–water partition coefficient (Wildman–Crippen LogP) is 0.970. The molecule has 3 nitrogen and oxygen atoms in total. The minimum Gasteiger partial charge on any atom is -0.499 e. The summed E-state index contributed by atoms with van der Waals surface area (Å²) < 4.78 is 27.3. The average Bonchev–Trinajstić information content (AvgIpc) is 2.31. The molecule has 1 fully saturated rings. The molecule has 1 aliphatic rings. The molecule has 0 spiro atoms. The van der Waals surface area contributed by atoms with E-state index in [1.54, 1.807) is 0 Å². The van der Waals surface area contributed by atoms with Crippen LogP contribution in [0.2, 0.25) is 0 Å². The molecule has 70 valence electrons. The summed E-state index contributed by atoms with van der Waals surface area (Å²) in [6.45, 7) is 5.32. The third kappa shape index (κ3) is 2.24. The van der Waals surface area contributed by atoms with Crippen molar-refractivity contribution < 1.29 is 13.2 Å². The molecule has 0 amide bonds. The van der Waals surface area contributed by atoms with Crippen LogP contribution in [-0.2, 0) is 14.6 Å². The molecular formula is C8H14O3S. The SMILES string of the molecule is C=COC(C)C1CCS(=O)(=O)C1. The molecule has 0 aromatic heterocycles. The van der Waals surface area contributed by atoms with Gasteiger partial charge in [-0.15, -0.1) is 0 Å². The van der Waals surface area contributed by atoms with Gasteiger partial charge >= 0.3 is 0 Å². The van der Waals surface area contributed by atoms with Gasteiger partial charge in [-0.1, -0.05) is 6.58 Å². The summed E-state index contributed by atoms with van der Waals surface area (Å²) in [5.74, 6) is 0.720. The van der Waals surface area contributed by atoms with Crippen LogP contribution in [0.3, 0.4) is 0 Å². The van der Waals surface area contributed by atoms with Gasteiger partial charge in [-0.3, -0.25) is 0 Å². The van der Waals surface area contributed by atoms with E-state index in [2.05, 4.69) is 6.58 Å². The summed E-state index contributed by atoms with van der Waals surface area (Å²) in [6, 6.07) is 0. The van der Waals surface area contributed by atoms with Gasteiger partial charge in [0.25, 0.3) is 0 Å². The summed E-state index contributed by atoms with van der Waals surface area (Å²) in [5.41, 5.74) is 0. The van der Waals surface area contributed by atoms with Gasteiger partial charge in [0.15, 0.2) is 9.84 Å². The zero-order valence-electron chi connectivity index (χ0n) is 7.19. The maximum Gasteiger partial charge on any atom is 0.150 e. The van der Waals surface area contributed by atoms with Crippen molar-refractivity contribution in [1.29, 1.82) is 0 Å². The number of ether oxygens (including phenoxy) is 1. The van der Waals surface area contributed by atoms with Crippen molar-refractivity contribution in [2.75, 3.05) is 11.5 Å². The van der Waals surface area contributed by atoms with Crippen molar-refractivity contribution in [2.24, 2.45) is 5.92 Å². The van der Waals surface area contributed by atoms with Gasteiger partial charge < -0.3 is 4.74 Å². The Morgan fingerprint density at radius 1 is 1.67 bits per heavy atom. The van der Waals surface area contributed by atoms with Crippen molar-refractivity contribution in [3.8, 4) is 0 Å². The van der Waals surface area contributed by atoms with E-state index in [-0.39, 0.29) is 17.8 Å². The number of sulfone groups is 1. The zero-order valence-corrected chi connectivity index (χ0v) is 8.01. The Hall–Kier alpha value is -0.510. The van der Waals surface area contributed by atoms with Crippen LogP contribution >= 0.6 is 0 Å². The Bertz CT molecular complexity index is 255. The lowest BCUT2D eigenvalue weighted by Crippen LogP contribution is -2.19. The van der Waals surface area contributed by atoms with Crippen LogP contribution in [0.1, 0.15) is 13.3 Å². The molecule has 4 heteroatoms. The lowest BCUT2D eigenvalue weighted by atomic mass is 10.0. The van der Waals surface area contributed by atoms with Gasteiger partial charge in [0.05, 0.1) is 23.9 Å². The molecule has 0 aromatic carbocycles. The minimum absolute atomic E-state index is 0.0280. The summed E-state index contributed by atoms with van der Waals surface area (Å²) in [5, 5.41) is 0. The Kier molecular flexibility index (Phi) is 2.77. The lowest BCUT2D eigenvalue weighted by molar-refractivity contribution is 0.114. The topological polar surface area (TPSA) is 43.4 Å². The highest BCUT2D eigenvalue weighted by molar-refractivity contribution is 7.91. The van der Waals surface area contributed by atoms with E-state index >= 15 is 0 Å². The van der Waals surface area contributed by atoms with E-state index in [0.29, 0.717) is 5.75 Å². The molecule has 1 heterocycles. The first-order chi connectivity index (χ1) is 5.55. The van der Waals surface area contributed by atoms with E-state index in [0.717, 1.165) is 6.42 Å². The Morgan fingerprint density at radius 2 is 2.33 bits per heavy atom. The van der Waals surface area contributed by atoms with E-state index in [1.165, 1.54) is 6.26 Å². The Labute approximate surface area is 73.3 Å². The van der Waals surface area contributed by atoms with Crippen LogP contribution in [0.15, 0.2) is 12.8 Å². The van der Waals surface area contributed by atoms with Crippen molar-refractivity contribution in [3.05, 3.63) is 12.8 Å². The maximum absolute atomic E-state index is 11.1. The monoisotopic (exact) mass is 190 g/mol. The molecule has 2 unspecified atom stereocenters. The second-order valence-corrected chi connectivity index (χ2v) is 5.40. The molecule has 0 aliphatic carbocycles. The zero-order chi connectivity index (χ0) is 9.19. The van der Waals surface area contributed by atoms with Gasteiger partial charge in [0.2, 0.25) is 0 Å². The molecule has 1 aliphatic heterocycles. The highest BCUT2D eigenvalue weighted by atomic mass is 32.2. The second kappa shape index (κ2) is 3.47. The molecule has 2 atom stereocenters. The fourth-order valence-corrected chi connectivity index (χ4v) is 3.38. The summed E-state index contributed by atoms with van der Waals surface area (Å²) >= 11 is 0. The highest BCUT2D eigenvalue weighted by Crippen LogP contribution is 2.23. The van der Waals surface area contributed by atoms with Gasteiger partial charge in [-0.25, -0.2) is 8.42 Å². The lowest BCUT2D eigenvalue weighted by Gasteiger charge is -2.16. The van der Waals surface area contributed by atoms with E-state index in [4.69, 9.17) is 4.74 Å². The van der Waals surface area contributed by atoms with Crippen molar-refractivity contribution in [3.63, 3.8) is 0 Å². The molecule has 0 aromatic rings. The third-order valence-electron chi connectivity index (χ3n) is 2.24. The van der Waals surface area contributed by atoms with E-state index in [9.17, 15) is 8.42 Å². The first-order valence-corrected chi connectivity index (χ1v) is 5.84. The van der Waals surface area contributed by atoms with Crippen molar-refractivity contribution in [2.45, 2.75) is 19.4 Å². The van der Waals surface area contributed by atoms with Crippen molar-refractivity contribution >= 4 is 9.84 Å². The third-order valence-corrected chi connectivity index (χ3v) is 4.04. The van der Waals surface area contributed by atoms with Crippen LogP contribution in [0.4, 0.5) is 0 Å². The number of rotatable bonds is 3. The Balaban J connectivity index is 2.52. The van der Waals surface area contributed by atoms with Crippen LogP contribution in [0, 0.1) is 5.92 Å². The summed E-state index contributed by atoms with van der Waals surface area (Å²) in [6.07, 6.45) is 2.06. The standard InChI is InChI=1S/C8H14O3S/c1-3-11-7(2)8-4-5-12(9,10)6-8/h3,7-8H,1,4-6H2,2H3. The first-order valence-electron chi connectivity index (χ1n) is 4.02. The minimum atomic E-state index is -2.77. The molecule has 1 rings (SSSR count). The van der Waals surface area contributed by atoms with E-state index < -0.39 is 9.84 Å². The normalized spacial score (nSPS) is 29.6. The molecule has 12 heavy (non-hydrogen) atoms.